The van der Waals surface area contributed by atoms with E-state index in [1.54, 1.807) is 52.0 Å². The SMILES string of the molecule is CCN1CCN(C(=O)NC(C(=O)N[C@@H](Cc2cccc(C(=O)OC(C)(C)C)c2OC)B2O[C@@H]3C[C@@H]4C[C@@H](C4(C)C)[C@]3(C)O2)c2ccc(I)cc2)C(=O)C1=O. The van der Waals surface area contributed by atoms with Gasteiger partial charge in [-0.15, -0.1) is 0 Å². The minimum absolute atomic E-state index is 0.0100. The Kier molecular flexibility index (Phi) is 11.2. The highest BCUT2D eigenvalue weighted by molar-refractivity contribution is 14.1. The number of nitrogens with one attached hydrogen (secondary N) is 2. The topological polar surface area (TPSA) is 153 Å². The quantitative estimate of drug-likeness (QED) is 0.150. The van der Waals surface area contributed by atoms with E-state index < -0.39 is 60.0 Å². The molecule has 2 N–H and O–H groups in total. The number of amides is 5. The van der Waals surface area contributed by atoms with Crippen molar-refractivity contribution >= 4 is 59.4 Å². The van der Waals surface area contributed by atoms with Gasteiger partial charge in [0, 0.05) is 23.2 Å². The number of ether oxygens (including phenoxy) is 2. The summed E-state index contributed by atoms with van der Waals surface area (Å²) in [5.41, 5.74) is 0.0533. The number of hydrogen-bond acceptors (Lipinski definition) is 9. The van der Waals surface area contributed by atoms with Crippen LogP contribution in [0.4, 0.5) is 4.79 Å². The number of esters is 1. The average molecular weight is 857 g/mol. The number of nitrogens with zero attached hydrogens (tertiary/aromatic N) is 2. The third-order valence-electron chi connectivity index (χ3n) is 11.7. The molecule has 2 bridgehead atoms. The van der Waals surface area contributed by atoms with Crippen molar-refractivity contribution in [1.82, 2.24) is 20.4 Å². The van der Waals surface area contributed by atoms with Crippen LogP contribution in [0.15, 0.2) is 42.5 Å². The molecule has 2 aliphatic heterocycles. The van der Waals surface area contributed by atoms with Gasteiger partial charge in [-0.1, -0.05) is 38.1 Å². The van der Waals surface area contributed by atoms with Crippen LogP contribution in [0.2, 0.25) is 0 Å². The number of carbonyl (C=O) groups excluding carboxylic acids is 5. The van der Waals surface area contributed by atoms with Crippen LogP contribution in [0.3, 0.4) is 0 Å². The summed E-state index contributed by atoms with van der Waals surface area (Å²) in [7, 11) is 0.589. The summed E-state index contributed by atoms with van der Waals surface area (Å²) in [5.74, 6) is -2.63. The third-order valence-corrected chi connectivity index (χ3v) is 12.4. The van der Waals surface area contributed by atoms with E-state index in [1.165, 1.54) is 12.0 Å². The first-order valence-corrected chi connectivity index (χ1v) is 19.6. The van der Waals surface area contributed by atoms with Gasteiger partial charge in [-0.2, -0.15) is 0 Å². The lowest BCUT2D eigenvalue weighted by Crippen LogP contribution is -2.65. The van der Waals surface area contributed by atoms with Crippen LogP contribution in [0.25, 0.3) is 0 Å². The Morgan fingerprint density at radius 2 is 1.72 bits per heavy atom. The van der Waals surface area contributed by atoms with Crippen LogP contribution in [-0.2, 0) is 34.9 Å². The molecule has 2 heterocycles. The maximum atomic E-state index is 14.6. The molecule has 2 saturated heterocycles. The molecule has 6 atom stereocenters. The van der Waals surface area contributed by atoms with Gasteiger partial charge in [0.15, 0.2) is 0 Å². The van der Waals surface area contributed by atoms with Gasteiger partial charge in [-0.05, 0) is 123 Å². The summed E-state index contributed by atoms with van der Waals surface area (Å²) in [5, 5.41) is 5.85. The second-order valence-corrected chi connectivity index (χ2v) is 17.7. The van der Waals surface area contributed by atoms with E-state index >= 15 is 0 Å². The molecule has 3 aliphatic carbocycles. The molecule has 5 aliphatic rings. The van der Waals surface area contributed by atoms with E-state index in [0.717, 1.165) is 21.3 Å². The minimum atomic E-state index is -1.26. The third kappa shape index (κ3) is 7.59. The maximum absolute atomic E-state index is 14.6. The highest BCUT2D eigenvalue weighted by atomic mass is 127. The highest BCUT2D eigenvalue weighted by Gasteiger charge is 2.68. The first-order valence-electron chi connectivity index (χ1n) is 18.6. The van der Waals surface area contributed by atoms with Crippen molar-refractivity contribution in [1.29, 1.82) is 0 Å². The molecule has 2 aromatic carbocycles. The van der Waals surface area contributed by atoms with Gasteiger partial charge in [0.2, 0.25) is 5.91 Å². The van der Waals surface area contributed by atoms with Crippen molar-refractivity contribution in [2.75, 3.05) is 26.7 Å². The lowest BCUT2D eigenvalue weighted by Gasteiger charge is -2.64. The van der Waals surface area contributed by atoms with E-state index in [-0.39, 0.29) is 42.5 Å². The Morgan fingerprint density at radius 3 is 2.35 bits per heavy atom. The van der Waals surface area contributed by atoms with E-state index in [1.807, 2.05) is 18.2 Å². The van der Waals surface area contributed by atoms with Crippen LogP contribution in [0.5, 0.6) is 5.75 Å². The summed E-state index contributed by atoms with van der Waals surface area (Å²) >= 11 is 2.15. The molecule has 5 amide bonds. The van der Waals surface area contributed by atoms with Gasteiger partial charge in [-0.25, -0.2) is 9.59 Å². The normalized spacial score (nSPS) is 25.6. The second kappa shape index (κ2) is 15.1. The van der Waals surface area contributed by atoms with E-state index in [9.17, 15) is 24.0 Å². The first-order chi connectivity index (χ1) is 25.4. The van der Waals surface area contributed by atoms with Gasteiger partial charge >= 0.3 is 30.9 Å². The predicted octanol–water partition coefficient (Wildman–Crippen LogP) is 4.69. The molecule has 7 rings (SSSR count). The molecular weight excluding hydrogens is 806 g/mol. The fraction of sp³-hybridized carbons (Fsp3) is 0.564. The monoisotopic (exact) mass is 856 g/mol. The molecular formula is C39H50BIN4O9. The predicted molar refractivity (Wildman–Crippen MR) is 208 cm³/mol. The summed E-state index contributed by atoms with van der Waals surface area (Å²) < 4.78 is 25.9. The number of para-hydroxylation sites is 1. The number of urea groups is 1. The molecule has 13 nitrogen and oxygen atoms in total. The number of carbonyl (C=O) groups is 5. The van der Waals surface area contributed by atoms with Crippen molar-refractivity contribution < 1.29 is 42.8 Å². The van der Waals surface area contributed by atoms with E-state index in [2.05, 4.69) is 54.0 Å². The lowest BCUT2D eigenvalue weighted by molar-refractivity contribution is -0.199. The molecule has 0 spiro atoms. The second-order valence-electron chi connectivity index (χ2n) is 16.4. The van der Waals surface area contributed by atoms with Crippen molar-refractivity contribution in [2.45, 2.75) is 97.0 Å². The molecule has 3 saturated carbocycles. The molecule has 1 unspecified atom stereocenters. The number of hydrogen-bond donors (Lipinski definition) is 2. The number of piperazine rings is 1. The largest absolute Gasteiger partial charge is 0.496 e. The molecule has 5 fully saturated rings. The molecule has 2 aromatic rings. The number of benzene rings is 2. The van der Waals surface area contributed by atoms with Crippen molar-refractivity contribution in [3.05, 3.63) is 62.7 Å². The number of imide groups is 1. The highest BCUT2D eigenvalue weighted by Crippen LogP contribution is 2.65. The molecule has 0 radical (unpaired) electrons. The Balaban J connectivity index is 1.33. The van der Waals surface area contributed by atoms with Gasteiger partial charge in [-0.3, -0.25) is 19.3 Å². The van der Waals surface area contributed by atoms with Crippen LogP contribution >= 0.6 is 22.6 Å². The van der Waals surface area contributed by atoms with E-state index in [0.29, 0.717) is 29.3 Å². The molecule has 290 valence electrons. The summed E-state index contributed by atoms with van der Waals surface area (Å²) in [6, 6.07) is 10.1. The summed E-state index contributed by atoms with van der Waals surface area (Å²) in [4.78, 5) is 69.4. The zero-order chi connectivity index (χ0) is 39.3. The van der Waals surface area contributed by atoms with Gasteiger partial charge in [0.1, 0.15) is 23.0 Å². The number of likely N-dealkylation sites (N-methyl/N-ethyl adjacent to an activating group) is 1. The van der Waals surface area contributed by atoms with Gasteiger partial charge in [0.05, 0.1) is 24.8 Å². The van der Waals surface area contributed by atoms with Crippen LogP contribution in [0, 0.1) is 20.8 Å². The fourth-order valence-corrected chi connectivity index (χ4v) is 8.96. The van der Waals surface area contributed by atoms with Crippen molar-refractivity contribution in [3.8, 4) is 5.75 Å². The van der Waals surface area contributed by atoms with E-state index in [4.69, 9.17) is 18.8 Å². The van der Waals surface area contributed by atoms with Gasteiger partial charge < -0.3 is 34.3 Å². The lowest BCUT2D eigenvalue weighted by atomic mass is 9.43. The fourth-order valence-electron chi connectivity index (χ4n) is 8.60. The number of methoxy groups -OCH3 is 1. The summed E-state index contributed by atoms with van der Waals surface area (Å²) in [6.45, 7) is 14.3. The zero-order valence-electron chi connectivity index (χ0n) is 32.2. The summed E-state index contributed by atoms with van der Waals surface area (Å²) in [6.07, 6.45) is 1.81. The maximum Gasteiger partial charge on any atom is 0.482 e. The van der Waals surface area contributed by atoms with Crippen LogP contribution < -0.4 is 15.4 Å². The zero-order valence-corrected chi connectivity index (χ0v) is 34.4. The Bertz CT molecular complexity index is 1820. The Labute approximate surface area is 330 Å². The standard InChI is InChI=1S/C39H50BIN4O9/c1-9-44-17-18-45(34(48)33(44)47)36(50)43-30(22-13-15-25(41)16-14-22)32(46)42-29(40-53-28-21-24-20-27(38(24,5)6)39(28,7)54-40)19-23-11-10-12-26(31(23)51-8)35(49)52-37(2,3)4/h10-16,24,27-30H,9,17-21H2,1-8H3,(H,42,46)(H,43,50)/t24-,27-,28+,29-,30?,39-/m0/s1. The Morgan fingerprint density at radius 1 is 1.02 bits per heavy atom. The molecule has 0 aromatic heterocycles. The molecule has 15 heteroatoms. The van der Waals surface area contributed by atoms with Crippen molar-refractivity contribution in [3.63, 3.8) is 0 Å². The van der Waals surface area contributed by atoms with Crippen LogP contribution in [-0.4, -0.2) is 96.6 Å². The number of halogens is 1. The molecule has 54 heavy (non-hydrogen) atoms. The van der Waals surface area contributed by atoms with Crippen LogP contribution in [0.1, 0.15) is 88.8 Å². The minimum Gasteiger partial charge on any atom is -0.496 e. The smallest absolute Gasteiger partial charge is 0.482 e. The number of rotatable bonds is 10. The average Bonchev–Trinajstić information content (AvgIpc) is 3.48. The first kappa shape index (κ1) is 40.0. The van der Waals surface area contributed by atoms with Gasteiger partial charge in [0.25, 0.3) is 0 Å². The Hall–Kier alpha value is -3.70. The van der Waals surface area contributed by atoms with Crippen molar-refractivity contribution in [2.24, 2.45) is 17.3 Å².